The molecule has 0 aliphatic heterocycles. The third-order valence-corrected chi connectivity index (χ3v) is 1.74. The van der Waals surface area contributed by atoms with Gasteiger partial charge >= 0.3 is 7.12 Å². The summed E-state index contributed by atoms with van der Waals surface area (Å²) in [6.07, 6.45) is 3.31. The number of hydrogen-bond donors (Lipinski definition) is 0. The van der Waals surface area contributed by atoms with Gasteiger partial charge in [-0.3, -0.25) is 0 Å². The molecular formula is C10H17BFNO3. The molecule has 0 aromatic carbocycles. The van der Waals surface area contributed by atoms with Crippen LogP contribution >= 0.6 is 0 Å². The first-order valence-electron chi connectivity index (χ1n) is 4.83. The summed E-state index contributed by atoms with van der Waals surface area (Å²) in [4.78, 5) is 3.91. The molecule has 16 heavy (non-hydrogen) atoms. The van der Waals surface area contributed by atoms with Crippen LogP contribution in [0.4, 0.5) is 4.39 Å². The predicted molar refractivity (Wildman–Crippen MR) is 63.1 cm³/mol. The Balaban J connectivity index is 4.32. The van der Waals surface area contributed by atoms with Gasteiger partial charge < -0.3 is 14.0 Å². The van der Waals surface area contributed by atoms with E-state index in [1.54, 1.807) is 6.08 Å². The van der Waals surface area contributed by atoms with E-state index < -0.39 is 13.8 Å². The Hall–Kier alpha value is -1.14. The normalized spacial score (nSPS) is 11.9. The van der Waals surface area contributed by atoms with Crippen molar-refractivity contribution in [2.45, 2.75) is 6.92 Å². The summed E-state index contributed by atoms with van der Waals surface area (Å²) < 4.78 is 26.8. The molecule has 0 unspecified atom stereocenters. The second-order valence-electron chi connectivity index (χ2n) is 2.78. The smallest absolute Gasteiger partial charge is 0.475 e. The molecule has 0 spiro atoms. The maximum Gasteiger partial charge on any atom is 0.494 e. The minimum Gasteiger partial charge on any atom is -0.475 e. The first-order chi connectivity index (χ1) is 7.69. The minimum atomic E-state index is -0.566. The molecule has 6 heteroatoms. The summed E-state index contributed by atoms with van der Waals surface area (Å²) >= 11 is 0. The maximum absolute atomic E-state index is 11.8. The van der Waals surface area contributed by atoms with E-state index in [0.717, 1.165) is 5.47 Å². The highest BCUT2D eigenvalue weighted by Gasteiger charge is 2.18. The summed E-state index contributed by atoms with van der Waals surface area (Å²) in [5, 5.41) is 0. The summed E-state index contributed by atoms with van der Waals surface area (Å²) in [6, 6.07) is 0. The topological polar surface area (TPSA) is 40.0 Å². The number of allylic oxidation sites excluding steroid dienone is 2. The molecule has 0 saturated heterocycles. The van der Waals surface area contributed by atoms with Gasteiger partial charge in [-0.1, -0.05) is 6.08 Å². The molecular weight excluding hydrogens is 212 g/mol. The van der Waals surface area contributed by atoms with Crippen molar-refractivity contribution in [3.63, 3.8) is 0 Å². The van der Waals surface area contributed by atoms with Crippen LogP contribution in [0.25, 0.3) is 0 Å². The van der Waals surface area contributed by atoms with Gasteiger partial charge in [0.05, 0.1) is 0 Å². The van der Waals surface area contributed by atoms with Gasteiger partial charge in [0, 0.05) is 20.4 Å². The second kappa shape index (κ2) is 9.12. The van der Waals surface area contributed by atoms with Gasteiger partial charge in [-0.2, -0.15) is 0 Å². The van der Waals surface area contributed by atoms with Gasteiger partial charge in [-0.25, -0.2) is 9.38 Å². The molecule has 0 bridgehead atoms. The Kier molecular flexibility index (Phi) is 8.47. The lowest BCUT2D eigenvalue weighted by atomic mass is 9.78. The van der Waals surface area contributed by atoms with E-state index in [2.05, 4.69) is 11.6 Å². The van der Waals surface area contributed by atoms with Crippen molar-refractivity contribution in [2.24, 2.45) is 4.99 Å². The van der Waals surface area contributed by atoms with Crippen LogP contribution in [0.15, 0.2) is 29.0 Å². The predicted octanol–water partition coefficient (Wildman–Crippen LogP) is 1.78. The van der Waals surface area contributed by atoms with Gasteiger partial charge in [0.1, 0.15) is 13.3 Å². The first kappa shape index (κ1) is 14.9. The van der Waals surface area contributed by atoms with Crippen molar-refractivity contribution in [2.75, 3.05) is 27.5 Å². The average Bonchev–Trinajstić information content (AvgIpc) is 2.31. The summed E-state index contributed by atoms with van der Waals surface area (Å²) in [5.74, 6) is 0.156. The van der Waals surface area contributed by atoms with Crippen LogP contribution in [0.2, 0.25) is 0 Å². The zero-order valence-electron chi connectivity index (χ0n) is 9.90. The molecule has 0 aliphatic carbocycles. The molecule has 90 valence electrons. The second-order valence-corrected chi connectivity index (χ2v) is 2.78. The molecule has 4 nitrogen and oxygen atoms in total. The molecule has 0 aromatic heterocycles. The van der Waals surface area contributed by atoms with Crippen LogP contribution in [0.3, 0.4) is 0 Å². The van der Waals surface area contributed by atoms with E-state index in [9.17, 15) is 4.39 Å². The van der Waals surface area contributed by atoms with Gasteiger partial charge in [-0.15, -0.1) is 0 Å². The average molecular weight is 229 g/mol. The molecule has 0 N–H and O–H groups in total. The van der Waals surface area contributed by atoms with Crippen molar-refractivity contribution in [1.82, 2.24) is 0 Å². The SMILES string of the molecule is C=C(N=C/C(=C\C)B(OC)OC)OCCF. The fraction of sp³-hybridized carbons (Fsp3) is 0.500. The zero-order valence-corrected chi connectivity index (χ0v) is 9.90. The Morgan fingerprint density at radius 1 is 1.44 bits per heavy atom. The Bertz CT molecular complexity index is 265. The maximum atomic E-state index is 11.8. The molecule has 0 aliphatic rings. The van der Waals surface area contributed by atoms with Crippen LogP contribution in [-0.2, 0) is 14.0 Å². The van der Waals surface area contributed by atoms with E-state index in [0.29, 0.717) is 0 Å². The number of rotatable bonds is 8. The number of nitrogens with zero attached hydrogens (tertiary/aromatic N) is 1. The van der Waals surface area contributed by atoms with Crippen LogP contribution in [0.1, 0.15) is 6.92 Å². The monoisotopic (exact) mass is 229 g/mol. The molecule has 0 fully saturated rings. The zero-order chi connectivity index (χ0) is 12.4. The number of hydrogen-bond acceptors (Lipinski definition) is 4. The third-order valence-electron chi connectivity index (χ3n) is 1.74. The molecule has 0 saturated carbocycles. The number of alkyl halides is 1. The number of halogens is 1. The van der Waals surface area contributed by atoms with E-state index in [-0.39, 0.29) is 12.5 Å². The van der Waals surface area contributed by atoms with Crippen LogP contribution in [0.5, 0.6) is 0 Å². The lowest BCUT2D eigenvalue weighted by Gasteiger charge is -2.08. The molecule has 0 rings (SSSR count). The van der Waals surface area contributed by atoms with E-state index in [4.69, 9.17) is 14.0 Å². The van der Waals surface area contributed by atoms with Crippen LogP contribution in [-0.4, -0.2) is 40.8 Å². The summed E-state index contributed by atoms with van der Waals surface area (Å²) in [6.45, 7) is 4.74. The van der Waals surface area contributed by atoms with Gasteiger partial charge in [0.2, 0.25) is 5.88 Å². The lowest BCUT2D eigenvalue weighted by molar-refractivity contribution is 0.187. The number of ether oxygens (including phenoxy) is 1. The van der Waals surface area contributed by atoms with Crippen molar-refractivity contribution in [1.29, 1.82) is 0 Å². The van der Waals surface area contributed by atoms with Crippen LogP contribution in [0, 0.1) is 0 Å². The van der Waals surface area contributed by atoms with Gasteiger partial charge in [0.25, 0.3) is 0 Å². The van der Waals surface area contributed by atoms with Gasteiger partial charge in [0.15, 0.2) is 0 Å². The van der Waals surface area contributed by atoms with Crippen molar-refractivity contribution in [3.05, 3.63) is 24.0 Å². The molecule has 0 amide bonds. The number of aliphatic imine (C=N–C) groups is 1. The van der Waals surface area contributed by atoms with Crippen LogP contribution < -0.4 is 0 Å². The fourth-order valence-corrected chi connectivity index (χ4v) is 0.980. The summed E-state index contributed by atoms with van der Waals surface area (Å²) in [7, 11) is 2.57. The van der Waals surface area contributed by atoms with E-state index in [1.165, 1.54) is 20.4 Å². The van der Waals surface area contributed by atoms with Gasteiger partial charge in [-0.05, 0) is 19.0 Å². The Labute approximate surface area is 95.9 Å². The highest BCUT2D eigenvalue weighted by molar-refractivity contribution is 6.59. The highest BCUT2D eigenvalue weighted by Crippen LogP contribution is 2.02. The lowest BCUT2D eigenvalue weighted by Crippen LogP contribution is -2.23. The van der Waals surface area contributed by atoms with E-state index >= 15 is 0 Å². The largest absolute Gasteiger partial charge is 0.494 e. The third kappa shape index (κ3) is 5.67. The Morgan fingerprint density at radius 2 is 2.06 bits per heavy atom. The van der Waals surface area contributed by atoms with E-state index in [1.807, 2.05) is 6.92 Å². The van der Waals surface area contributed by atoms with Crippen molar-refractivity contribution < 1.29 is 18.4 Å². The Morgan fingerprint density at radius 3 is 2.50 bits per heavy atom. The quantitative estimate of drug-likeness (QED) is 0.362. The standard InChI is InChI=1S/C10H17BFNO3/c1-5-10(11(14-3)15-4)8-13-9(2)16-7-6-12/h5,8H,2,6-7H2,1,3-4H3/b10-5+,13-8?. The van der Waals surface area contributed by atoms with Crippen molar-refractivity contribution in [3.8, 4) is 0 Å². The summed E-state index contributed by atoms with van der Waals surface area (Å²) in [5.41, 5.74) is 0.731. The van der Waals surface area contributed by atoms with Crippen molar-refractivity contribution >= 4 is 13.3 Å². The fourth-order valence-electron chi connectivity index (χ4n) is 0.980. The highest BCUT2D eigenvalue weighted by atomic mass is 19.1. The molecule has 0 heterocycles. The first-order valence-corrected chi connectivity index (χ1v) is 4.83. The molecule has 0 radical (unpaired) electrons. The molecule has 0 atom stereocenters. The molecule has 0 aromatic rings. The minimum absolute atomic E-state index is 0.0423.